The summed E-state index contributed by atoms with van der Waals surface area (Å²) in [4.78, 5) is 41.8. The molecule has 480 valence electrons. The molecule has 0 spiro atoms. The number of alkyl halides is 2. The maximum atomic E-state index is 10.9. The Hall–Kier alpha value is -2.60. The van der Waals surface area contributed by atoms with E-state index in [9.17, 15) is 29.8 Å². The number of nitro groups is 2. The molecule has 6 aromatic carbocycles. The third-order valence-corrected chi connectivity index (χ3v) is 14.5. The van der Waals surface area contributed by atoms with Gasteiger partial charge in [0.2, 0.25) is 0 Å². The Kier molecular flexibility index (Phi) is 50.3. The topological polar surface area (TPSA) is 315 Å². The number of anilines is 10. The van der Waals surface area contributed by atoms with Crippen LogP contribution in [0.5, 0.6) is 0 Å². The van der Waals surface area contributed by atoms with Crippen molar-refractivity contribution in [2.24, 2.45) is 0 Å². The molecule has 0 saturated heterocycles. The van der Waals surface area contributed by atoms with Gasteiger partial charge in [-0.1, -0.05) is 134 Å². The summed E-state index contributed by atoms with van der Waals surface area (Å²) in [6.07, 6.45) is 3.84. The number of esters is 2. The Bertz CT molecular complexity index is 3090. The van der Waals surface area contributed by atoms with Crippen molar-refractivity contribution in [1.29, 1.82) is 0 Å². The van der Waals surface area contributed by atoms with Crippen LogP contribution in [0.3, 0.4) is 0 Å². The minimum atomic E-state index is -0.826. The number of halogens is 12. The van der Waals surface area contributed by atoms with Crippen LogP contribution in [0.2, 0.25) is 0 Å². The van der Waals surface area contributed by atoms with Gasteiger partial charge in [-0.2, -0.15) is 0 Å². The number of nitrogens with zero attached hydrogens (tertiary/aromatic N) is 2. The zero-order valence-electron chi connectivity index (χ0n) is 47.1. The van der Waals surface area contributed by atoms with E-state index in [2.05, 4.69) is 206 Å². The number of ether oxygens (including phenoxy) is 2. The van der Waals surface area contributed by atoms with Crippen molar-refractivity contribution in [3.63, 3.8) is 0 Å². The fraction of sp³-hybridized carbons (Fsp3) is 0.259. The van der Waals surface area contributed by atoms with Crippen molar-refractivity contribution in [2.75, 3.05) is 112 Å². The molecular weight excluding hydrogens is 1960 g/mol. The number of nitrogen functional groups attached to an aromatic ring is 4. The van der Waals surface area contributed by atoms with Crippen LogP contribution in [0.25, 0.3) is 0 Å². The summed E-state index contributed by atoms with van der Waals surface area (Å²) in [7, 11) is 22.4. The van der Waals surface area contributed by atoms with Gasteiger partial charge in [0.15, 0.2) is 0 Å². The molecule has 8 rings (SSSR count). The van der Waals surface area contributed by atoms with Crippen molar-refractivity contribution in [3.8, 4) is 0 Å². The van der Waals surface area contributed by atoms with E-state index in [1.165, 1.54) is 56.6 Å². The van der Waals surface area contributed by atoms with Crippen LogP contribution in [-0.2, 0) is 19.1 Å². The molecule has 0 bridgehead atoms. The van der Waals surface area contributed by atoms with E-state index >= 15 is 0 Å². The monoisotopic (exact) mass is 2020 g/mol. The number of carbonyl (C=O) groups excluding carboxylic acids is 2. The summed E-state index contributed by atoms with van der Waals surface area (Å²) in [5, 5.41) is 42.5. The Labute approximate surface area is 615 Å². The average Bonchev–Trinajstić information content (AvgIpc) is 3.99. The second kappa shape index (κ2) is 51.9. The number of nitrogens with two attached hydrogens (primary N) is 4. The Morgan fingerprint density at radius 3 is 1.38 bits per heavy atom. The van der Waals surface area contributed by atoms with Crippen LogP contribution in [0.4, 0.5) is 68.2 Å². The summed E-state index contributed by atoms with van der Waals surface area (Å²) in [6.45, 7) is 7.79. The van der Waals surface area contributed by atoms with E-state index < -0.39 is 47.6 Å². The fourth-order valence-electron chi connectivity index (χ4n) is 6.30. The summed E-state index contributed by atoms with van der Waals surface area (Å²) in [5.74, 6) is -0.601. The molecule has 0 aromatic heterocycles. The number of hydrogen-bond acceptors (Lipinski definition) is 18. The second-order valence-corrected chi connectivity index (χ2v) is 32.3. The van der Waals surface area contributed by atoms with E-state index in [1.807, 2.05) is 24.3 Å². The molecule has 14 N–H and O–H groups in total. The average molecular weight is 2030 g/mol. The van der Waals surface area contributed by atoms with E-state index in [0.29, 0.717) is 44.7 Å². The predicted molar refractivity (Wildman–Crippen MR) is 401 cm³/mol. The van der Waals surface area contributed by atoms with Crippen molar-refractivity contribution < 1.29 is 28.9 Å². The number of benzene rings is 6. The van der Waals surface area contributed by atoms with Gasteiger partial charge in [0, 0.05) is 94.5 Å². The Morgan fingerprint density at radius 2 is 0.932 bits per heavy atom. The van der Waals surface area contributed by atoms with Crippen LogP contribution in [0, 0.1) is 20.2 Å². The molecule has 0 unspecified atom stereocenters. The SMILES string of the molecule is BrCCCBr.Brc1ccc2c(c1)NCCCN2.C=C1CCNc2ccc(Br)cc2N1.COC(=O)CCNc1ccc(Br)cc1N.COC(=O)CCNc1ccc(Br)cc1[N+](=O)[O-].Nc1ccc(Br)cc1N.Nc1ccc(Br)cc1[N+](=O)[O-].[Cl][Sn][Cl].[Cl][Sn][Cl]. The zero-order valence-corrected chi connectivity index (χ0v) is 68.5. The molecule has 2 heterocycles. The molecule has 4 radical (unpaired) electrons. The van der Waals surface area contributed by atoms with E-state index in [-0.39, 0.29) is 42.0 Å². The summed E-state index contributed by atoms with van der Waals surface area (Å²) < 4.78 is 14.3. The van der Waals surface area contributed by atoms with Crippen molar-refractivity contribution in [2.45, 2.75) is 32.1 Å². The van der Waals surface area contributed by atoms with Crippen LogP contribution in [0.15, 0.2) is 148 Å². The standard InChI is InChI=1S/C10H11BrN2O4.C10H13BrN2O2.C10H11BrN2.C9H11BrN2.C6H5BrN2O2.C6H7BrN2.C3H6Br2.4ClH.2Sn/c1-17-10(14)4-5-12-8-3-2-7(11)6-9(8)13(15)16;1-15-10(14)4-5-13-9-3-2-7(11)6-8(9)12;1-7-4-5-12-9-3-2-8(11)6-10(9)13-7;10-7-2-3-8-9(6-7)12-5-1-4-11-8;7-4-1-2-5(8)6(3-4)9(10)11;7-4-1-2-5(8)6(9)3-4;4-2-1-3-5;;;;;;/h2-3,6,12H,4-5H2,1H3;2-3,6,13H,4-5,12H2,1H3;2-3,6,12-13H,1,4-5H2;2-3,6,11-12H,1,4-5H2;1-3H,8H2;1-3H,8-9H2;1-3H2;4*1H;;/q;;;;;;;;;;;2*+2/p-4. The molecule has 0 saturated carbocycles. The molecule has 0 aliphatic carbocycles. The number of nitro benzene ring substituents is 2. The molecule has 2 aliphatic heterocycles. The molecule has 20 nitrogen and oxygen atoms in total. The molecule has 88 heavy (non-hydrogen) atoms. The molecular formula is C54H64Br8Cl4N12O8Sn2. The number of methoxy groups -OCH3 is 2. The van der Waals surface area contributed by atoms with Gasteiger partial charge < -0.3 is 64.3 Å². The molecule has 34 heteroatoms. The number of fused-ring (bicyclic) bond motifs is 2. The van der Waals surface area contributed by atoms with Crippen molar-refractivity contribution in [1.82, 2.24) is 0 Å². The first kappa shape index (κ1) is 85.4. The van der Waals surface area contributed by atoms with Gasteiger partial charge in [-0.3, -0.25) is 29.8 Å². The number of nitrogens with one attached hydrogen (secondary N) is 6. The van der Waals surface area contributed by atoms with Gasteiger partial charge in [0.25, 0.3) is 11.4 Å². The van der Waals surface area contributed by atoms with Crippen molar-refractivity contribution >= 4 is 281 Å². The fourth-order valence-corrected chi connectivity index (χ4v) is 9.79. The summed E-state index contributed by atoms with van der Waals surface area (Å²) >= 11 is 24.6. The van der Waals surface area contributed by atoms with Gasteiger partial charge in [-0.25, -0.2) is 0 Å². The van der Waals surface area contributed by atoms with Gasteiger partial charge in [-0.05, 0) is 110 Å². The van der Waals surface area contributed by atoms with E-state index in [1.54, 1.807) is 36.4 Å². The molecule has 0 atom stereocenters. The molecule has 2 aliphatic rings. The Morgan fingerprint density at radius 1 is 0.545 bits per heavy atom. The van der Waals surface area contributed by atoms with Gasteiger partial charge >= 0.3 is 85.4 Å². The predicted octanol–water partition coefficient (Wildman–Crippen LogP) is 17.9. The van der Waals surface area contributed by atoms with Crippen LogP contribution < -0.4 is 54.8 Å². The van der Waals surface area contributed by atoms with Gasteiger partial charge in [0.1, 0.15) is 11.4 Å². The molecule has 0 amide bonds. The first-order chi connectivity index (χ1) is 41.8. The minimum absolute atomic E-state index is 0.0377. The van der Waals surface area contributed by atoms with Crippen molar-refractivity contribution in [3.05, 3.63) is 169 Å². The quantitative estimate of drug-likeness (QED) is 0.0136. The number of hydrogen-bond donors (Lipinski definition) is 10. The van der Waals surface area contributed by atoms with Crippen LogP contribution in [-0.4, -0.2) is 117 Å². The molecule has 0 fully saturated rings. The van der Waals surface area contributed by atoms with Crippen LogP contribution in [0.1, 0.15) is 32.1 Å². The first-order valence-electron chi connectivity index (χ1n) is 25.2. The van der Waals surface area contributed by atoms with Gasteiger partial charge in [0.05, 0.1) is 82.4 Å². The number of carbonyl (C=O) groups is 2. The summed E-state index contributed by atoms with van der Waals surface area (Å²) in [6, 6.07) is 32.5. The number of rotatable bonds is 12. The third kappa shape index (κ3) is 39.7. The van der Waals surface area contributed by atoms with E-state index in [4.69, 9.17) is 58.6 Å². The third-order valence-electron chi connectivity index (χ3n) is 10.4. The first-order valence-corrected chi connectivity index (χ1v) is 46.7. The maximum absolute atomic E-state index is 10.9. The normalized spacial score (nSPS) is 11.0. The zero-order chi connectivity index (χ0) is 66.6. The van der Waals surface area contributed by atoms with Gasteiger partial charge in [-0.15, -0.1) is 0 Å². The Balaban J connectivity index is 0.00000100. The van der Waals surface area contributed by atoms with E-state index in [0.717, 1.165) is 77.4 Å². The summed E-state index contributed by atoms with van der Waals surface area (Å²) in [5.41, 5.74) is 30.8. The molecule has 6 aromatic rings. The second-order valence-electron chi connectivity index (χ2n) is 16.8. The van der Waals surface area contributed by atoms with Crippen LogP contribution >= 0.6 is 163 Å².